The molecule has 1 aromatic heterocycles. The van der Waals surface area contributed by atoms with Crippen LogP contribution in [0.1, 0.15) is 42.6 Å². The molecule has 2 aromatic rings. The molecule has 8 nitrogen and oxygen atoms in total. The number of halogens is 1. The third-order valence-corrected chi connectivity index (χ3v) is 8.09. The van der Waals surface area contributed by atoms with E-state index in [1.165, 1.54) is 16.6 Å². The van der Waals surface area contributed by atoms with Crippen LogP contribution in [-0.2, 0) is 14.8 Å². The number of carbonyl (C=O) groups excluding carboxylic acids is 2. The number of H-pyrrole nitrogens is 1. The molecule has 10 heteroatoms. The van der Waals surface area contributed by atoms with Crippen molar-refractivity contribution in [3.63, 3.8) is 0 Å². The SMILES string of the molecule is O=C(Nc1cccc(Cl)c1)C1CCCN(S(=O)(=O)c2c[nH]c(C(=O)N3CCCCC3)c2)C1. The number of amides is 2. The van der Waals surface area contributed by atoms with Gasteiger partial charge in [0.15, 0.2) is 0 Å². The summed E-state index contributed by atoms with van der Waals surface area (Å²) in [5.41, 5.74) is 0.853. The number of carbonyl (C=O) groups is 2. The highest BCUT2D eigenvalue weighted by Gasteiger charge is 2.34. The van der Waals surface area contributed by atoms with E-state index in [2.05, 4.69) is 10.3 Å². The lowest BCUT2D eigenvalue weighted by atomic mass is 9.99. The van der Waals surface area contributed by atoms with Crippen LogP contribution in [0.25, 0.3) is 0 Å². The fourth-order valence-corrected chi connectivity index (χ4v) is 5.96. The minimum atomic E-state index is -3.82. The molecule has 0 radical (unpaired) electrons. The van der Waals surface area contributed by atoms with Gasteiger partial charge in [-0.3, -0.25) is 9.59 Å². The van der Waals surface area contributed by atoms with Crippen molar-refractivity contribution in [1.82, 2.24) is 14.2 Å². The Hall–Kier alpha value is -2.36. The first-order valence-corrected chi connectivity index (χ1v) is 12.7. The van der Waals surface area contributed by atoms with E-state index in [0.29, 0.717) is 43.2 Å². The summed E-state index contributed by atoms with van der Waals surface area (Å²) in [6.45, 7) is 1.81. The minimum absolute atomic E-state index is 0.0498. The number of nitrogens with zero attached hydrogens (tertiary/aromatic N) is 2. The zero-order chi connectivity index (χ0) is 22.7. The van der Waals surface area contributed by atoms with Crippen molar-refractivity contribution in [1.29, 1.82) is 0 Å². The van der Waals surface area contributed by atoms with Crippen LogP contribution in [0, 0.1) is 5.92 Å². The van der Waals surface area contributed by atoms with E-state index in [1.54, 1.807) is 29.2 Å². The average Bonchev–Trinajstić information content (AvgIpc) is 3.30. The summed E-state index contributed by atoms with van der Waals surface area (Å²) in [4.78, 5) is 30.0. The number of benzene rings is 1. The second-order valence-electron chi connectivity index (χ2n) is 8.30. The lowest BCUT2D eigenvalue weighted by Gasteiger charge is -2.31. The van der Waals surface area contributed by atoms with Crippen molar-refractivity contribution in [2.45, 2.75) is 37.0 Å². The largest absolute Gasteiger partial charge is 0.356 e. The third-order valence-electron chi connectivity index (χ3n) is 6.02. The molecule has 2 fully saturated rings. The molecule has 2 aliphatic rings. The number of aromatic amines is 1. The lowest BCUT2D eigenvalue weighted by Crippen LogP contribution is -2.43. The van der Waals surface area contributed by atoms with Crippen molar-refractivity contribution in [2.24, 2.45) is 5.92 Å². The number of likely N-dealkylation sites (tertiary alicyclic amines) is 1. The van der Waals surface area contributed by atoms with Crippen LogP contribution in [0.2, 0.25) is 5.02 Å². The molecule has 0 saturated carbocycles. The fourth-order valence-electron chi connectivity index (χ4n) is 4.25. The van der Waals surface area contributed by atoms with Crippen LogP contribution in [0.5, 0.6) is 0 Å². The summed E-state index contributed by atoms with van der Waals surface area (Å²) in [6.07, 6.45) is 5.58. The van der Waals surface area contributed by atoms with Crippen molar-refractivity contribution >= 4 is 39.1 Å². The Morgan fingerprint density at radius 3 is 2.59 bits per heavy atom. The highest BCUT2D eigenvalue weighted by Crippen LogP contribution is 2.26. The van der Waals surface area contributed by atoms with Gasteiger partial charge in [-0.1, -0.05) is 17.7 Å². The molecule has 3 heterocycles. The van der Waals surface area contributed by atoms with Gasteiger partial charge in [-0.25, -0.2) is 8.42 Å². The Kier molecular flexibility index (Phi) is 6.88. The van der Waals surface area contributed by atoms with Gasteiger partial charge < -0.3 is 15.2 Å². The molecule has 4 rings (SSSR count). The molecule has 2 saturated heterocycles. The number of aromatic nitrogens is 1. The van der Waals surface area contributed by atoms with Crippen LogP contribution < -0.4 is 5.32 Å². The van der Waals surface area contributed by atoms with Crippen molar-refractivity contribution in [2.75, 3.05) is 31.5 Å². The smallest absolute Gasteiger partial charge is 0.270 e. The zero-order valence-corrected chi connectivity index (χ0v) is 19.3. The molecular weight excluding hydrogens is 452 g/mol. The van der Waals surface area contributed by atoms with E-state index in [4.69, 9.17) is 11.6 Å². The van der Waals surface area contributed by atoms with Crippen LogP contribution in [0.3, 0.4) is 0 Å². The summed E-state index contributed by atoms with van der Waals surface area (Å²) in [7, 11) is -3.82. The molecule has 2 aliphatic heterocycles. The Balaban J connectivity index is 1.44. The Morgan fingerprint density at radius 1 is 1.06 bits per heavy atom. The van der Waals surface area contributed by atoms with Gasteiger partial charge in [-0.05, 0) is 56.4 Å². The molecule has 2 N–H and O–H groups in total. The van der Waals surface area contributed by atoms with Gasteiger partial charge in [0, 0.05) is 43.1 Å². The summed E-state index contributed by atoms with van der Waals surface area (Å²) in [5.74, 6) is -0.878. The molecule has 2 amide bonds. The van der Waals surface area contributed by atoms with E-state index >= 15 is 0 Å². The number of hydrogen-bond acceptors (Lipinski definition) is 4. The highest BCUT2D eigenvalue weighted by molar-refractivity contribution is 7.89. The molecule has 172 valence electrons. The average molecular weight is 479 g/mol. The minimum Gasteiger partial charge on any atom is -0.356 e. The van der Waals surface area contributed by atoms with E-state index < -0.39 is 15.9 Å². The first-order chi connectivity index (χ1) is 15.3. The molecule has 0 bridgehead atoms. The molecule has 32 heavy (non-hydrogen) atoms. The monoisotopic (exact) mass is 478 g/mol. The zero-order valence-electron chi connectivity index (χ0n) is 17.7. The summed E-state index contributed by atoms with van der Waals surface area (Å²) in [5, 5.41) is 3.33. The number of nitrogens with one attached hydrogen (secondary N) is 2. The van der Waals surface area contributed by atoms with E-state index in [9.17, 15) is 18.0 Å². The second kappa shape index (κ2) is 9.64. The van der Waals surface area contributed by atoms with Gasteiger partial charge in [-0.2, -0.15) is 4.31 Å². The van der Waals surface area contributed by atoms with E-state index in [1.807, 2.05) is 0 Å². The molecular formula is C22H27ClN4O4S. The standard InChI is InChI=1S/C22H27ClN4O4S/c23-17-7-4-8-18(12-17)25-21(28)16-6-5-11-27(15-16)32(30,31)19-13-20(24-14-19)22(29)26-9-2-1-3-10-26/h4,7-8,12-14,16,24H,1-3,5-6,9-11,15H2,(H,25,28). The molecule has 0 aliphatic carbocycles. The number of rotatable bonds is 5. The van der Waals surface area contributed by atoms with Gasteiger partial charge in [-0.15, -0.1) is 0 Å². The molecule has 0 spiro atoms. The lowest BCUT2D eigenvalue weighted by molar-refractivity contribution is -0.120. The molecule has 1 unspecified atom stereocenters. The van der Waals surface area contributed by atoms with Crippen molar-refractivity contribution < 1.29 is 18.0 Å². The predicted molar refractivity (Wildman–Crippen MR) is 122 cm³/mol. The van der Waals surface area contributed by atoms with Gasteiger partial charge in [0.1, 0.15) is 10.6 Å². The maximum absolute atomic E-state index is 13.2. The van der Waals surface area contributed by atoms with E-state index in [-0.39, 0.29) is 28.9 Å². The summed E-state index contributed by atoms with van der Waals surface area (Å²) >= 11 is 5.97. The van der Waals surface area contributed by atoms with Crippen molar-refractivity contribution in [3.8, 4) is 0 Å². The van der Waals surface area contributed by atoms with Crippen LogP contribution in [-0.4, -0.2) is 60.6 Å². The first-order valence-electron chi connectivity index (χ1n) is 10.9. The van der Waals surface area contributed by atoms with E-state index in [0.717, 1.165) is 19.3 Å². The topological polar surface area (TPSA) is 103 Å². The Bertz CT molecular complexity index is 1090. The molecule has 1 atom stereocenters. The maximum Gasteiger partial charge on any atom is 0.270 e. The van der Waals surface area contributed by atoms with Gasteiger partial charge in [0.25, 0.3) is 5.91 Å². The van der Waals surface area contributed by atoms with Gasteiger partial charge >= 0.3 is 0 Å². The van der Waals surface area contributed by atoms with Gasteiger partial charge in [0.05, 0.1) is 5.92 Å². The van der Waals surface area contributed by atoms with Crippen LogP contribution in [0.15, 0.2) is 41.4 Å². The maximum atomic E-state index is 13.2. The van der Waals surface area contributed by atoms with Crippen LogP contribution in [0.4, 0.5) is 5.69 Å². The first kappa shape index (κ1) is 22.8. The summed E-state index contributed by atoms with van der Waals surface area (Å²) in [6, 6.07) is 8.25. The normalized spacial score (nSPS) is 20.2. The second-order valence-corrected chi connectivity index (χ2v) is 10.7. The number of piperidine rings is 2. The Labute approximate surface area is 193 Å². The number of sulfonamides is 1. The van der Waals surface area contributed by atoms with Crippen LogP contribution >= 0.6 is 11.6 Å². The quantitative estimate of drug-likeness (QED) is 0.687. The predicted octanol–water partition coefficient (Wildman–Crippen LogP) is 3.33. The third kappa shape index (κ3) is 5.00. The highest BCUT2D eigenvalue weighted by atomic mass is 35.5. The Morgan fingerprint density at radius 2 is 1.84 bits per heavy atom. The molecule has 1 aromatic carbocycles. The number of anilines is 1. The fraction of sp³-hybridized carbons (Fsp3) is 0.455. The summed E-state index contributed by atoms with van der Waals surface area (Å²) < 4.78 is 27.7. The van der Waals surface area contributed by atoms with Gasteiger partial charge in [0.2, 0.25) is 15.9 Å². The van der Waals surface area contributed by atoms with Crippen molar-refractivity contribution in [3.05, 3.63) is 47.2 Å². The number of hydrogen-bond donors (Lipinski definition) is 2.